The fourth-order valence-corrected chi connectivity index (χ4v) is 2.73. The topological polar surface area (TPSA) is 107 Å². The summed E-state index contributed by atoms with van der Waals surface area (Å²) in [5, 5.41) is 10.7. The van der Waals surface area contributed by atoms with Crippen LogP contribution in [0.25, 0.3) is 0 Å². The van der Waals surface area contributed by atoms with E-state index >= 15 is 0 Å². The fourth-order valence-electron chi connectivity index (χ4n) is 1.35. The van der Waals surface area contributed by atoms with Gasteiger partial charge in [0.15, 0.2) is 4.90 Å². The SMILES string of the molecule is CN(CCN)S(=O)(=O)c1c(F)cccc1[N+](=O)[O-]. The van der Waals surface area contributed by atoms with E-state index < -0.39 is 31.3 Å². The summed E-state index contributed by atoms with van der Waals surface area (Å²) in [6.07, 6.45) is 0. The number of rotatable bonds is 5. The van der Waals surface area contributed by atoms with Gasteiger partial charge in [-0.15, -0.1) is 0 Å². The zero-order valence-electron chi connectivity index (χ0n) is 9.54. The van der Waals surface area contributed by atoms with Crippen LogP contribution >= 0.6 is 0 Å². The molecule has 0 radical (unpaired) electrons. The molecule has 0 aromatic heterocycles. The molecule has 7 nitrogen and oxygen atoms in total. The third kappa shape index (κ3) is 2.63. The molecule has 1 aromatic carbocycles. The van der Waals surface area contributed by atoms with Gasteiger partial charge in [-0.2, -0.15) is 4.31 Å². The largest absolute Gasteiger partial charge is 0.329 e. The molecule has 0 aliphatic rings. The summed E-state index contributed by atoms with van der Waals surface area (Å²) in [6.45, 7) is -0.0359. The highest BCUT2D eigenvalue weighted by Gasteiger charge is 2.32. The average molecular weight is 277 g/mol. The molecule has 1 aromatic rings. The van der Waals surface area contributed by atoms with Crippen molar-refractivity contribution < 1.29 is 17.7 Å². The van der Waals surface area contributed by atoms with Crippen LogP contribution in [0.5, 0.6) is 0 Å². The zero-order valence-corrected chi connectivity index (χ0v) is 10.4. The first-order valence-electron chi connectivity index (χ1n) is 4.91. The molecular weight excluding hydrogens is 265 g/mol. The van der Waals surface area contributed by atoms with E-state index in [9.17, 15) is 22.9 Å². The number of hydrogen-bond donors (Lipinski definition) is 1. The number of hydrogen-bond acceptors (Lipinski definition) is 5. The van der Waals surface area contributed by atoms with Gasteiger partial charge in [0.1, 0.15) is 5.82 Å². The van der Waals surface area contributed by atoms with E-state index in [1.165, 1.54) is 7.05 Å². The first-order chi connectivity index (χ1) is 8.32. The summed E-state index contributed by atoms with van der Waals surface area (Å²) in [7, 11) is -3.09. The van der Waals surface area contributed by atoms with Gasteiger partial charge in [0, 0.05) is 26.2 Å². The highest BCUT2D eigenvalue weighted by atomic mass is 32.2. The second-order valence-corrected chi connectivity index (χ2v) is 5.44. The molecule has 0 aliphatic heterocycles. The van der Waals surface area contributed by atoms with Gasteiger partial charge < -0.3 is 5.73 Å². The standard InChI is InChI=1S/C9H12FN3O4S/c1-12(6-5-11)18(16,17)9-7(10)3-2-4-8(9)13(14)15/h2-4H,5-6,11H2,1H3. The Kier molecular flexibility index (Phi) is 4.33. The number of likely N-dealkylation sites (N-methyl/N-ethyl adjacent to an activating group) is 1. The molecule has 0 bridgehead atoms. The summed E-state index contributed by atoms with van der Waals surface area (Å²) in [6, 6.07) is 2.87. The number of nitro groups is 1. The Hall–Kier alpha value is -1.58. The van der Waals surface area contributed by atoms with Gasteiger partial charge in [0.05, 0.1) is 4.92 Å². The number of sulfonamides is 1. The van der Waals surface area contributed by atoms with Gasteiger partial charge >= 0.3 is 0 Å². The van der Waals surface area contributed by atoms with E-state index in [0.717, 1.165) is 22.5 Å². The van der Waals surface area contributed by atoms with E-state index in [1.807, 2.05) is 0 Å². The summed E-state index contributed by atoms with van der Waals surface area (Å²) >= 11 is 0. The van der Waals surface area contributed by atoms with Gasteiger partial charge in [-0.1, -0.05) is 6.07 Å². The van der Waals surface area contributed by atoms with Crippen LogP contribution in [0.15, 0.2) is 23.1 Å². The number of nitro benzene ring substituents is 1. The monoisotopic (exact) mass is 277 g/mol. The van der Waals surface area contributed by atoms with Crippen LogP contribution in [-0.4, -0.2) is 37.8 Å². The lowest BCUT2D eigenvalue weighted by molar-refractivity contribution is -0.388. The molecule has 2 N–H and O–H groups in total. The lowest BCUT2D eigenvalue weighted by atomic mass is 10.3. The number of halogens is 1. The maximum absolute atomic E-state index is 13.6. The highest BCUT2D eigenvalue weighted by Crippen LogP contribution is 2.28. The molecule has 100 valence electrons. The summed E-state index contributed by atoms with van der Waals surface area (Å²) in [4.78, 5) is 8.86. The predicted octanol–water partition coefficient (Wildman–Crippen LogP) is 0.313. The molecule has 0 amide bonds. The first kappa shape index (κ1) is 14.5. The normalized spacial score (nSPS) is 11.8. The van der Waals surface area contributed by atoms with Crippen LogP contribution in [-0.2, 0) is 10.0 Å². The number of benzene rings is 1. The van der Waals surface area contributed by atoms with Crippen molar-refractivity contribution in [3.05, 3.63) is 34.1 Å². The Morgan fingerprint density at radius 2 is 2.11 bits per heavy atom. The van der Waals surface area contributed by atoms with Crippen molar-refractivity contribution in [2.45, 2.75) is 4.90 Å². The van der Waals surface area contributed by atoms with Crippen molar-refractivity contribution in [2.75, 3.05) is 20.1 Å². The van der Waals surface area contributed by atoms with Gasteiger partial charge in [0.25, 0.3) is 15.7 Å². The van der Waals surface area contributed by atoms with Crippen molar-refractivity contribution in [3.63, 3.8) is 0 Å². The van der Waals surface area contributed by atoms with Crippen LogP contribution < -0.4 is 5.73 Å². The van der Waals surface area contributed by atoms with Crippen molar-refractivity contribution in [3.8, 4) is 0 Å². The van der Waals surface area contributed by atoms with E-state index in [-0.39, 0.29) is 13.1 Å². The molecule has 0 heterocycles. The third-order valence-corrected chi connectivity index (χ3v) is 4.18. The van der Waals surface area contributed by atoms with E-state index in [0.29, 0.717) is 0 Å². The molecule has 0 aliphatic carbocycles. The average Bonchev–Trinajstić information content (AvgIpc) is 2.28. The predicted molar refractivity (Wildman–Crippen MR) is 61.9 cm³/mol. The zero-order chi connectivity index (χ0) is 13.9. The Balaban J connectivity index is 3.45. The summed E-state index contributed by atoms with van der Waals surface area (Å²) in [5.41, 5.74) is 4.41. The summed E-state index contributed by atoms with van der Waals surface area (Å²) < 4.78 is 38.3. The first-order valence-corrected chi connectivity index (χ1v) is 6.35. The van der Waals surface area contributed by atoms with E-state index in [1.54, 1.807) is 0 Å². The molecular formula is C9H12FN3O4S. The van der Waals surface area contributed by atoms with Crippen LogP contribution in [0.4, 0.5) is 10.1 Å². The Morgan fingerprint density at radius 1 is 1.50 bits per heavy atom. The Bertz CT molecular complexity index is 561. The summed E-state index contributed by atoms with van der Waals surface area (Å²) in [5.74, 6) is -1.16. The minimum absolute atomic E-state index is 0.0258. The molecule has 0 spiro atoms. The van der Waals surface area contributed by atoms with Crippen molar-refractivity contribution >= 4 is 15.7 Å². The molecule has 0 atom stereocenters. The fraction of sp³-hybridized carbons (Fsp3) is 0.333. The van der Waals surface area contributed by atoms with Crippen LogP contribution in [0.1, 0.15) is 0 Å². The molecule has 9 heteroatoms. The number of nitrogens with two attached hydrogens (primary N) is 1. The third-order valence-electron chi connectivity index (χ3n) is 2.26. The maximum atomic E-state index is 13.6. The van der Waals surface area contributed by atoms with Gasteiger partial charge in [-0.05, 0) is 6.07 Å². The Labute approximate surface area is 103 Å². The lowest BCUT2D eigenvalue weighted by Crippen LogP contribution is -2.32. The van der Waals surface area contributed by atoms with Crippen LogP contribution in [0.2, 0.25) is 0 Å². The van der Waals surface area contributed by atoms with Gasteiger partial charge in [0.2, 0.25) is 0 Å². The molecule has 0 saturated carbocycles. The van der Waals surface area contributed by atoms with Gasteiger partial charge in [-0.3, -0.25) is 10.1 Å². The van der Waals surface area contributed by atoms with Crippen LogP contribution in [0.3, 0.4) is 0 Å². The van der Waals surface area contributed by atoms with Gasteiger partial charge in [-0.25, -0.2) is 12.8 Å². The molecule has 0 unspecified atom stereocenters. The van der Waals surface area contributed by atoms with Crippen LogP contribution in [0, 0.1) is 15.9 Å². The van der Waals surface area contributed by atoms with E-state index in [4.69, 9.17) is 5.73 Å². The van der Waals surface area contributed by atoms with Crippen molar-refractivity contribution in [1.29, 1.82) is 0 Å². The van der Waals surface area contributed by atoms with Crippen molar-refractivity contribution in [1.82, 2.24) is 4.31 Å². The highest BCUT2D eigenvalue weighted by molar-refractivity contribution is 7.89. The molecule has 0 fully saturated rings. The number of nitrogens with zero attached hydrogens (tertiary/aromatic N) is 2. The smallest absolute Gasteiger partial charge is 0.292 e. The lowest BCUT2D eigenvalue weighted by Gasteiger charge is -2.16. The quantitative estimate of drug-likeness (QED) is 0.616. The molecule has 18 heavy (non-hydrogen) atoms. The second kappa shape index (κ2) is 5.38. The van der Waals surface area contributed by atoms with E-state index in [2.05, 4.69) is 0 Å². The molecule has 1 rings (SSSR count). The minimum Gasteiger partial charge on any atom is -0.329 e. The van der Waals surface area contributed by atoms with Crippen molar-refractivity contribution in [2.24, 2.45) is 5.73 Å². The Morgan fingerprint density at radius 3 is 2.61 bits per heavy atom. The maximum Gasteiger partial charge on any atom is 0.292 e. The minimum atomic E-state index is -4.27. The second-order valence-electron chi connectivity index (χ2n) is 3.46. The molecule has 0 saturated heterocycles.